The number of hydrogen-bond acceptors (Lipinski definition) is 8. The summed E-state index contributed by atoms with van der Waals surface area (Å²) in [5.41, 5.74) is 7.89. The zero-order valence-corrected chi connectivity index (χ0v) is 25.3. The van der Waals surface area contributed by atoms with Gasteiger partial charge >= 0.3 is 0 Å². The number of amides is 1. The van der Waals surface area contributed by atoms with Crippen LogP contribution >= 0.6 is 0 Å². The van der Waals surface area contributed by atoms with Crippen molar-refractivity contribution in [2.24, 2.45) is 45.9 Å². The Morgan fingerprint density at radius 2 is 1.93 bits per heavy atom. The van der Waals surface area contributed by atoms with Crippen LogP contribution in [0, 0.1) is 39.9 Å². The Morgan fingerprint density at radius 1 is 1.15 bits per heavy atom. The summed E-state index contributed by atoms with van der Waals surface area (Å²) in [6.45, 7) is 11.7. The molecule has 3 N–H and O–H groups in total. The molecule has 40 heavy (non-hydrogen) atoms. The zero-order valence-electron chi connectivity index (χ0n) is 25.3. The first-order valence-electron chi connectivity index (χ1n) is 14.9. The molecule has 1 aromatic carbocycles. The van der Waals surface area contributed by atoms with Gasteiger partial charge in [-0.1, -0.05) is 38.9 Å². The molecule has 2 fully saturated rings. The molecule has 1 heterocycles. The summed E-state index contributed by atoms with van der Waals surface area (Å²) in [5, 5.41) is 6.59. The SMILES string of the molecule is COCCCOc1cc(C[C@@H](C[C@H](N)C(C[C@H](C(=O)NCC23COCC2C3)C(C)C)N=O)C(C)C)ccc1OC. The van der Waals surface area contributed by atoms with Gasteiger partial charge in [0.15, 0.2) is 11.5 Å². The zero-order chi connectivity index (χ0) is 29.3. The normalized spacial score (nSPS) is 22.9. The van der Waals surface area contributed by atoms with Crippen molar-refractivity contribution in [3.8, 4) is 11.5 Å². The quantitative estimate of drug-likeness (QED) is 0.187. The van der Waals surface area contributed by atoms with Gasteiger partial charge in [-0.05, 0) is 67.1 Å². The lowest BCUT2D eigenvalue weighted by atomic mass is 9.80. The molecule has 6 atom stereocenters. The van der Waals surface area contributed by atoms with E-state index in [1.54, 1.807) is 14.2 Å². The third kappa shape index (κ3) is 8.63. The summed E-state index contributed by atoms with van der Waals surface area (Å²) in [4.78, 5) is 25.2. The van der Waals surface area contributed by atoms with Crippen LogP contribution in [-0.2, 0) is 20.7 Å². The van der Waals surface area contributed by atoms with Crippen LogP contribution in [-0.4, -0.2) is 65.2 Å². The number of hydrogen-bond donors (Lipinski definition) is 2. The number of carbonyl (C=O) groups excluding carboxylic acids is 1. The van der Waals surface area contributed by atoms with Crippen LogP contribution in [0.25, 0.3) is 0 Å². The number of nitroso groups, excluding NO2 is 1. The summed E-state index contributed by atoms with van der Waals surface area (Å²) in [7, 11) is 3.31. The number of nitrogens with zero attached hydrogens (tertiary/aromatic N) is 1. The summed E-state index contributed by atoms with van der Waals surface area (Å²) in [6.07, 6.45) is 3.69. The van der Waals surface area contributed by atoms with E-state index in [9.17, 15) is 9.70 Å². The molecule has 2 aliphatic rings. The molecule has 1 amide bonds. The van der Waals surface area contributed by atoms with Crippen molar-refractivity contribution >= 4 is 5.91 Å². The highest BCUT2D eigenvalue weighted by Crippen LogP contribution is 2.56. The second-order valence-electron chi connectivity index (χ2n) is 12.5. The van der Waals surface area contributed by atoms with Gasteiger partial charge in [0.2, 0.25) is 5.91 Å². The number of methoxy groups -OCH3 is 2. The van der Waals surface area contributed by atoms with Crippen LogP contribution in [0.1, 0.15) is 58.9 Å². The number of benzene rings is 1. The molecule has 9 heteroatoms. The molecule has 0 aromatic heterocycles. The Balaban J connectivity index is 1.60. The Kier molecular flexibility index (Phi) is 12.2. The van der Waals surface area contributed by atoms with E-state index in [0.29, 0.717) is 55.9 Å². The maximum atomic E-state index is 13.2. The van der Waals surface area contributed by atoms with Gasteiger partial charge in [-0.15, -0.1) is 0 Å². The first-order chi connectivity index (χ1) is 19.1. The fourth-order valence-corrected chi connectivity index (χ4v) is 5.90. The van der Waals surface area contributed by atoms with Gasteiger partial charge in [0, 0.05) is 44.1 Å². The lowest BCUT2D eigenvalue weighted by molar-refractivity contribution is -0.127. The van der Waals surface area contributed by atoms with Crippen LogP contribution < -0.4 is 20.5 Å². The Morgan fingerprint density at radius 3 is 2.50 bits per heavy atom. The molecule has 3 unspecified atom stereocenters. The second kappa shape index (κ2) is 15.1. The van der Waals surface area contributed by atoms with Crippen molar-refractivity contribution in [3.63, 3.8) is 0 Å². The third-order valence-corrected chi connectivity index (χ3v) is 8.94. The largest absolute Gasteiger partial charge is 0.493 e. The molecular weight excluding hydrogens is 510 g/mol. The number of ether oxygens (including phenoxy) is 4. The first kappa shape index (κ1) is 32.3. The van der Waals surface area contributed by atoms with Gasteiger partial charge in [0.25, 0.3) is 0 Å². The lowest BCUT2D eigenvalue weighted by Crippen LogP contribution is -2.43. The molecular formula is C31H51N3O6. The highest BCUT2D eigenvalue weighted by atomic mass is 16.5. The maximum absolute atomic E-state index is 13.2. The highest BCUT2D eigenvalue weighted by molar-refractivity contribution is 5.79. The van der Waals surface area contributed by atoms with E-state index in [2.05, 4.69) is 30.4 Å². The number of fused-ring (bicyclic) bond motifs is 1. The molecule has 1 saturated carbocycles. The minimum atomic E-state index is -0.628. The lowest BCUT2D eigenvalue weighted by Gasteiger charge is -2.29. The Hall–Kier alpha value is -2.23. The second-order valence-corrected chi connectivity index (χ2v) is 12.5. The average Bonchev–Trinajstić information content (AvgIpc) is 3.47. The van der Waals surface area contributed by atoms with Gasteiger partial charge in [-0.25, -0.2) is 0 Å². The molecule has 9 nitrogen and oxygen atoms in total. The Labute approximate surface area is 240 Å². The van der Waals surface area contributed by atoms with Crippen molar-refractivity contribution in [1.29, 1.82) is 0 Å². The van der Waals surface area contributed by atoms with E-state index in [-0.39, 0.29) is 29.1 Å². The molecule has 1 aliphatic carbocycles. The van der Waals surface area contributed by atoms with E-state index in [1.165, 1.54) is 0 Å². The molecule has 0 radical (unpaired) electrons. The monoisotopic (exact) mass is 561 g/mol. The third-order valence-electron chi connectivity index (χ3n) is 8.94. The fraction of sp³-hybridized carbons (Fsp3) is 0.774. The number of carbonyl (C=O) groups is 1. The van der Waals surface area contributed by atoms with E-state index in [4.69, 9.17) is 24.7 Å². The van der Waals surface area contributed by atoms with Crippen LogP contribution in [0.2, 0.25) is 0 Å². The number of rotatable bonds is 19. The summed E-state index contributed by atoms with van der Waals surface area (Å²) in [6, 6.07) is 4.95. The molecule has 0 spiro atoms. The number of nitrogens with one attached hydrogen (secondary N) is 1. The fourth-order valence-electron chi connectivity index (χ4n) is 5.90. The van der Waals surface area contributed by atoms with Gasteiger partial charge in [0.1, 0.15) is 6.04 Å². The van der Waals surface area contributed by atoms with Crippen molar-refractivity contribution in [2.45, 2.75) is 71.9 Å². The summed E-state index contributed by atoms with van der Waals surface area (Å²) >= 11 is 0. The van der Waals surface area contributed by atoms with Crippen LogP contribution in [0.5, 0.6) is 11.5 Å². The first-order valence-corrected chi connectivity index (χ1v) is 14.9. The smallest absolute Gasteiger partial charge is 0.223 e. The van der Waals surface area contributed by atoms with Crippen molar-refractivity contribution in [3.05, 3.63) is 28.7 Å². The minimum absolute atomic E-state index is 0.0144. The van der Waals surface area contributed by atoms with E-state index < -0.39 is 12.1 Å². The molecule has 3 rings (SSSR count). The average molecular weight is 562 g/mol. The van der Waals surface area contributed by atoms with Gasteiger partial charge in [-0.2, -0.15) is 4.91 Å². The van der Waals surface area contributed by atoms with Crippen molar-refractivity contribution < 1.29 is 23.7 Å². The van der Waals surface area contributed by atoms with Crippen LogP contribution in [0.3, 0.4) is 0 Å². The van der Waals surface area contributed by atoms with Gasteiger partial charge < -0.3 is 30.0 Å². The van der Waals surface area contributed by atoms with Gasteiger partial charge in [0.05, 0.1) is 26.9 Å². The van der Waals surface area contributed by atoms with E-state index in [0.717, 1.165) is 38.0 Å². The molecule has 226 valence electrons. The van der Waals surface area contributed by atoms with Crippen LogP contribution in [0.15, 0.2) is 23.4 Å². The van der Waals surface area contributed by atoms with Crippen LogP contribution in [0.4, 0.5) is 0 Å². The number of nitrogens with two attached hydrogens (primary N) is 1. The topological polar surface area (TPSA) is 121 Å². The van der Waals surface area contributed by atoms with E-state index in [1.807, 2.05) is 26.0 Å². The Bertz CT molecular complexity index is 957. The minimum Gasteiger partial charge on any atom is -0.493 e. The molecule has 1 aliphatic heterocycles. The molecule has 0 bridgehead atoms. The predicted octanol–water partition coefficient (Wildman–Crippen LogP) is 4.59. The van der Waals surface area contributed by atoms with E-state index >= 15 is 0 Å². The standard InChI is InChI=1S/C31H51N3O6/c1-20(2)23(12-22-8-9-28(38-6)29(13-22)40-11-7-10-37-5)14-26(32)27(34-36)15-25(21(3)4)30(35)33-18-31-16-24(31)17-39-19-31/h8-9,13,20-21,23-27H,7,10-12,14-19,32H2,1-6H3,(H,33,35)/t23-,24?,25-,26-,27?,31?/m0/s1. The highest BCUT2D eigenvalue weighted by Gasteiger charge is 2.58. The summed E-state index contributed by atoms with van der Waals surface area (Å²) < 4.78 is 22.1. The molecule has 1 aromatic rings. The summed E-state index contributed by atoms with van der Waals surface area (Å²) in [5.74, 6) is 2.29. The predicted molar refractivity (Wildman–Crippen MR) is 157 cm³/mol. The van der Waals surface area contributed by atoms with Crippen molar-refractivity contribution in [2.75, 3.05) is 47.2 Å². The van der Waals surface area contributed by atoms with Gasteiger partial charge in [-0.3, -0.25) is 4.79 Å². The molecule has 1 saturated heterocycles. The van der Waals surface area contributed by atoms with Crippen molar-refractivity contribution in [1.82, 2.24) is 5.32 Å². The maximum Gasteiger partial charge on any atom is 0.223 e.